The van der Waals surface area contributed by atoms with Crippen LogP contribution in [0.4, 0.5) is 8.78 Å². The third kappa shape index (κ3) is 0.985. The number of halogens is 2. The van der Waals surface area contributed by atoms with Gasteiger partial charge in [-0.05, 0) is 6.42 Å². The predicted octanol–water partition coefficient (Wildman–Crippen LogP) is 2.34. The van der Waals surface area contributed by atoms with Crippen LogP contribution in [0.15, 0.2) is 0 Å². The predicted molar refractivity (Wildman–Crippen MR) is 32.5 cm³/mol. The van der Waals surface area contributed by atoms with Crippen LogP contribution in [0.5, 0.6) is 0 Å². The van der Waals surface area contributed by atoms with Gasteiger partial charge in [0.25, 0.3) is 5.92 Å². The summed E-state index contributed by atoms with van der Waals surface area (Å²) in [6.07, 6.45) is 0.532. The van der Waals surface area contributed by atoms with E-state index in [1.807, 2.05) is 6.07 Å². The van der Waals surface area contributed by atoms with Crippen molar-refractivity contribution in [2.24, 2.45) is 5.41 Å². The van der Waals surface area contributed by atoms with Gasteiger partial charge in [-0.25, -0.2) is 8.78 Å². The standard InChI is InChI=1S/C7H9F2N/c1-6(3-2-4-10)5-7(6,8)9/h2-3,5H2,1H3. The second kappa shape index (κ2) is 1.91. The zero-order chi connectivity index (χ0) is 7.83. The van der Waals surface area contributed by atoms with Gasteiger partial charge in [0.05, 0.1) is 6.07 Å². The third-order valence-electron chi connectivity index (χ3n) is 2.16. The molecule has 1 aliphatic carbocycles. The first-order chi connectivity index (χ1) is 4.52. The average molecular weight is 145 g/mol. The van der Waals surface area contributed by atoms with Crippen LogP contribution in [-0.4, -0.2) is 5.92 Å². The van der Waals surface area contributed by atoms with Crippen molar-refractivity contribution in [3.05, 3.63) is 0 Å². The van der Waals surface area contributed by atoms with Crippen molar-refractivity contribution in [1.29, 1.82) is 5.26 Å². The Hall–Kier alpha value is -0.650. The molecule has 0 aliphatic heterocycles. The van der Waals surface area contributed by atoms with Crippen molar-refractivity contribution < 1.29 is 8.78 Å². The molecule has 1 saturated carbocycles. The molecule has 1 aliphatic rings. The Balaban J connectivity index is 2.38. The van der Waals surface area contributed by atoms with Crippen molar-refractivity contribution in [3.8, 4) is 6.07 Å². The minimum atomic E-state index is -2.50. The molecule has 10 heavy (non-hydrogen) atoms. The van der Waals surface area contributed by atoms with Gasteiger partial charge < -0.3 is 0 Å². The van der Waals surface area contributed by atoms with Gasteiger partial charge in [0, 0.05) is 18.3 Å². The Morgan fingerprint density at radius 3 is 2.40 bits per heavy atom. The van der Waals surface area contributed by atoms with E-state index in [4.69, 9.17) is 5.26 Å². The lowest BCUT2D eigenvalue weighted by molar-refractivity contribution is 0.0675. The highest BCUT2D eigenvalue weighted by atomic mass is 19.3. The summed E-state index contributed by atoms with van der Waals surface area (Å²) >= 11 is 0. The molecule has 56 valence electrons. The highest BCUT2D eigenvalue weighted by molar-refractivity contribution is 5.07. The molecule has 1 atom stereocenters. The van der Waals surface area contributed by atoms with E-state index in [0.29, 0.717) is 6.42 Å². The summed E-state index contributed by atoms with van der Waals surface area (Å²) in [4.78, 5) is 0. The first-order valence-electron chi connectivity index (χ1n) is 3.27. The largest absolute Gasteiger partial charge is 0.254 e. The van der Waals surface area contributed by atoms with Crippen molar-refractivity contribution in [3.63, 3.8) is 0 Å². The van der Waals surface area contributed by atoms with Crippen molar-refractivity contribution >= 4 is 0 Å². The molecule has 0 spiro atoms. The van der Waals surface area contributed by atoms with E-state index in [9.17, 15) is 8.78 Å². The van der Waals surface area contributed by atoms with E-state index in [1.165, 1.54) is 6.92 Å². The fourth-order valence-electron chi connectivity index (χ4n) is 1.05. The van der Waals surface area contributed by atoms with Crippen LogP contribution in [0.2, 0.25) is 0 Å². The minimum absolute atomic E-state index is 0.0400. The lowest BCUT2D eigenvalue weighted by atomic mass is 10.0. The van der Waals surface area contributed by atoms with Crippen LogP contribution < -0.4 is 0 Å². The summed E-state index contributed by atoms with van der Waals surface area (Å²) in [5.74, 6) is -2.50. The molecule has 1 fully saturated rings. The van der Waals surface area contributed by atoms with E-state index in [0.717, 1.165) is 0 Å². The van der Waals surface area contributed by atoms with E-state index in [-0.39, 0.29) is 12.8 Å². The maximum Gasteiger partial charge on any atom is 0.254 e. The van der Waals surface area contributed by atoms with Gasteiger partial charge in [0.2, 0.25) is 0 Å². The number of alkyl halides is 2. The summed E-state index contributed by atoms with van der Waals surface area (Å²) in [5.41, 5.74) is -0.858. The monoisotopic (exact) mass is 145 g/mol. The summed E-state index contributed by atoms with van der Waals surface area (Å²) < 4.78 is 24.8. The van der Waals surface area contributed by atoms with Gasteiger partial charge in [-0.1, -0.05) is 6.92 Å². The molecule has 0 amide bonds. The molecule has 0 heterocycles. The van der Waals surface area contributed by atoms with Gasteiger partial charge in [0.1, 0.15) is 0 Å². The second-order valence-electron chi connectivity index (χ2n) is 3.10. The Morgan fingerprint density at radius 2 is 2.10 bits per heavy atom. The lowest BCUT2D eigenvalue weighted by Crippen LogP contribution is -2.05. The normalized spacial score (nSPS) is 35.0. The maximum atomic E-state index is 12.4. The molecule has 0 aromatic carbocycles. The zero-order valence-electron chi connectivity index (χ0n) is 5.82. The molecule has 0 aromatic heterocycles. The van der Waals surface area contributed by atoms with E-state index in [1.54, 1.807) is 0 Å². The van der Waals surface area contributed by atoms with Gasteiger partial charge in [-0.15, -0.1) is 0 Å². The first kappa shape index (κ1) is 7.46. The zero-order valence-corrected chi connectivity index (χ0v) is 5.82. The maximum absolute atomic E-state index is 12.4. The summed E-state index contributed by atoms with van der Waals surface area (Å²) in [6, 6.07) is 1.87. The topological polar surface area (TPSA) is 23.8 Å². The van der Waals surface area contributed by atoms with Crippen LogP contribution in [0.25, 0.3) is 0 Å². The second-order valence-corrected chi connectivity index (χ2v) is 3.10. The molecule has 1 nitrogen and oxygen atoms in total. The Kier molecular flexibility index (Phi) is 1.43. The molecule has 0 aromatic rings. The summed E-state index contributed by atoms with van der Waals surface area (Å²) in [6.45, 7) is 1.53. The molecule has 0 N–H and O–H groups in total. The molecule has 0 bridgehead atoms. The van der Waals surface area contributed by atoms with Crippen molar-refractivity contribution in [2.45, 2.75) is 32.1 Å². The minimum Gasteiger partial charge on any atom is -0.206 e. The van der Waals surface area contributed by atoms with Crippen LogP contribution in [0, 0.1) is 16.7 Å². The van der Waals surface area contributed by atoms with E-state index in [2.05, 4.69) is 0 Å². The number of rotatable bonds is 2. The molecular weight excluding hydrogens is 136 g/mol. The average Bonchev–Trinajstić information content (AvgIpc) is 2.29. The smallest absolute Gasteiger partial charge is 0.206 e. The van der Waals surface area contributed by atoms with Gasteiger partial charge >= 0.3 is 0 Å². The number of hydrogen-bond acceptors (Lipinski definition) is 1. The number of nitrogens with zero attached hydrogens (tertiary/aromatic N) is 1. The highest BCUT2D eigenvalue weighted by Gasteiger charge is 2.66. The van der Waals surface area contributed by atoms with Crippen LogP contribution >= 0.6 is 0 Å². The third-order valence-corrected chi connectivity index (χ3v) is 2.16. The highest BCUT2D eigenvalue weighted by Crippen LogP contribution is 2.62. The Bertz CT molecular complexity index is 183. The number of nitriles is 1. The molecule has 1 rings (SSSR count). The molecule has 1 unspecified atom stereocenters. The molecule has 0 saturated heterocycles. The fourth-order valence-corrected chi connectivity index (χ4v) is 1.05. The Morgan fingerprint density at radius 1 is 1.60 bits per heavy atom. The SMILES string of the molecule is CC1(CCC#N)CC1(F)F. The van der Waals surface area contributed by atoms with Gasteiger partial charge in [-0.3, -0.25) is 0 Å². The van der Waals surface area contributed by atoms with Crippen molar-refractivity contribution in [2.75, 3.05) is 0 Å². The van der Waals surface area contributed by atoms with E-state index < -0.39 is 11.3 Å². The van der Waals surface area contributed by atoms with Crippen LogP contribution in [0.3, 0.4) is 0 Å². The van der Waals surface area contributed by atoms with Crippen LogP contribution in [-0.2, 0) is 0 Å². The molecule has 3 heteroatoms. The van der Waals surface area contributed by atoms with Gasteiger partial charge in [0.15, 0.2) is 0 Å². The van der Waals surface area contributed by atoms with E-state index >= 15 is 0 Å². The lowest BCUT2D eigenvalue weighted by Gasteiger charge is -2.04. The fraction of sp³-hybridized carbons (Fsp3) is 0.857. The van der Waals surface area contributed by atoms with Crippen LogP contribution in [0.1, 0.15) is 26.2 Å². The van der Waals surface area contributed by atoms with Gasteiger partial charge in [-0.2, -0.15) is 5.26 Å². The summed E-state index contributed by atoms with van der Waals surface area (Å²) in [7, 11) is 0. The molecule has 0 radical (unpaired) electrons. The number of hydrogen-bond donors (Lipinski definition) is 0. The molecular formula is C7H9F2N. The Labute approximate surface area is 58.6 Å². The van der Waals surface area contributed by atoms with Crippen molar-refractivity contribution in [1.82, 2.24) is 0 Å². The quantitative estimate of drug-likeness (QED) is 0.585. The summed E-state index contributed by atoms with van der Waals surface area (Å²) in [5, 5.41) is 8.13. The first-order valence-corrected chi connectivity index (χ1v) is 3.27.